The number of benzene rings is 2. The number of ether oxygens (including phenoxy) is 1. The molecule has 0 saturated carbocycles. The van der Waals surface area contributed by atoms with Crippen LogP contribution in [-0.4, -0.2) is 41.0 Å². The summed E-state index contributed by atoms with van der Waals surface area (Å²) in [6.45, 7) is 2.36. The minimum absolute atomic E-state index is 0.0641. The maximum absolute atomic E-state index is 11.7. The maximum Gasteiger partial charge on any atom is 0.264 e. The zero-order chi connectivity index (χ0) is 19.1. The first-order valence-electron chi connectivity index (χ1n) is 8.26. The summed E-state index contributed by atoms with van der Waals surface area (Å²) in [5.74, 6) is 0.301. The molecule has 0 aromatic heterocycles. The second kappa shape index (κ2) is 9.56. The molecule has 2 aromatic carbocycles. The Morgan fingerprint density at radius 1 is 1.23 bits per heavy atom. The summed E-state index contributed by atoms with van der Waals surface area (Å²) in [4.78, 5) is 11.7. The molecule has 0 heterocycles. The van der Waals surface area contributed by atoms with Crippen LogP contribution in [-0.2, 0) is 12.8 Å². The summed E-state index contributed by atoms with van der Waals surface area (Å²) in [7, 11) is 1.63. The van der Waals surface area contributed by atoms with E-state index in [0.717, 1.165) is 16.9 Å². The van der Waals surface area contributed by atoms with Crippen LogP contribution in [0.25, 0.3) is 0 Å². The Kier molecular flexibility index (Phi) is 7.44. The zero-order valence-electron chi connectivity index (χ0n) is 14.8. The molecule has 1 amide bonds. The number of hydroxylamine groups is 2. The number of rotatable bonds is 8. The second-order valence-corrected chi connectivity index (χ2v) is 6.49. The Bertz CT molecular complexity index is 737. The summed E-state index contributed by atoms with van der Waals surface area (Å²) < 4.78 is 7.46. The van der Waals surface area contributed by atoms with Crippen LogP contribution in [0.1, 0.15) is 28.4 Å². The highest BCUT2D eigenvalue weighted by molar-refractivity contribution is 9.08. The Morgan fingerprint density at radius 2 is 1.88 bits per heavy atom. The van der Waals surface area contributed by atoms with Gasteiger partial charge < -0.3 is 15.1 Å². The predicted molar refractivity (Wildman–Crippen MR) is 103 cm³/mol. The molecule has 2 aromatic rings. The van der Waals surface area contributed by atoms with Crippen LogP contribution >= 0.6 is 16.1 Å². The maximum atomic E-state index is 11.7. The van der Waals surface area contributed by atoms with Gasteiger partial charge in [-0.1, -0.05) is 18.2 Å². The fourth-order valence-corrected chi connectivity index (χ4v) is 2.86. The molecular weight excluding hydrogens is 400 g/mol. The number of carbonyl (C=O) groups excluding carboxylic acids is 1. The van der Waals surface area contributed by atoms with Crippen LogP contribution in [0, 0.1) is 0 Å². The van der Waals surface area contributed by atoms with E-state index in [1.807, 2.05) is 31.2 Å². The first-order valence-corrected chi connectivity index (χ1v) is 9.05. The summed E-state index contributed by atoms with van der Waals surface area (Å²) in [5, 5.41) is 21.3. The van der Waals surface area contributed by atoms with Crippen LogP contribution < -0.4 is 9.08 Å². The van der Waals surface area contributed by atoms with Crippen molar-refractivity contribution < 1.29 is 19.8 Å². The van der Waals surface area contributed by atoms with E-state index in [-0.39, 0.29) is 17.4 Å². The van der Waals surface area contributed by atoms with Gasteiger partial charge in [0, 0.05) is 28.7 Å². The molecule has 6 nitrogen and oxygen atoms in total. The van der Waals surface area contributed by atoms with E-state index < -0.39 is 5.91 Å². The molecular formula is C19H23BrN2O4. The van der Waals surface area contributed by atoms with Crippen LogP contribution in [0.3, 0.4) is 0 Å². The SMILES string of the molecule is COc1ccc(CC(C)N(O)CCc2ccc(O)c(C(=O)NBr)c2)cc1. The average molecular weight is 423 g/mol. The number of hydrogen-bond donors (Lipinski definition) is 3. The van der Waals surface area contributed by atoms with E-state index in [2.05, 4.69) is 20.5 Å². The van der Waals surface area contributed by atoms with E-state index in [1.165, 1.54) is 11.1 Å². The van der Waals surface area contributed by atoms with Gasteiger partial charge in [-0.3, -0.25) is 9.14 Å². The molecule has 26 heavy (non-hydrogen) atoms. The Balaban J connectivity index is 1.92. The van der Waals surface area contributed by atoms with Crippen molar-refractivity contribution in [2.45, 2.75) is 25.8 Å². The first kappa shape index (κ1) is 20.2. The largest absolute Gasteiger partial charge is 0.507 e. The second-order valence-electron chi connectivity index (χ2n) is 6.09. The van der Waals surface area contributed by atoms with Crippen molar-refractivity contribution in [2.24, 2.45) is 0 Å². The monoisotopic (exact) mass is 422 g/mol. The predicted octanol–water partition coefficient (Wildman–Crippen LogP) is 3.31. The van der Waals surface area contributed by atoms with Crippen molar-refractivity contribution in [3.63, 3.8) is 0 Å². The topological polar surface area (TPSA) is 82.0 Å². The smallest absolute Gasteiger partial charge is 0.264 e. The van der Waals surface area contributed by atoms with Gasteiger partial charge in [-0.15, -0.1) is 0 Å². The molecule has 0 aliphatic heterocycles. The van der Waals surface area contributed by atoms with Gasteiger partial charge in [0.2, 0.25) is 0 Å². The lowest BCUT2D eigenvalue weighted by molar-refractivity contribution is -0.120. The molecule has 0 bridgehead atoms. The van der Waals surface area contributed by atoms with Crippen LogP contribution in [0.2, 0.25) is 0 Å². The van der Waals surface area contributed by atoms with E-state index >= 15 is 0 Å². The number of hydrogen-bond acceptors (Lipinski definition) is 5. The molecule has 1 atom stereocenters. The number of methoxy groups -OCH3 is 1. The molecule has 0 spiro atoms. The van der Waals surface area contributed by atoms with Crippen molar-refractivity contribution in [3.05, 3.63) is 59.2 Å². The number of aromatic hydroxyl groups is 1. The number of halogens is 1. The first-order chi connectivity index (χ1) is 12.4. The summed E-state index contributed by atoms with van der Waals surface area (Å²) in [6, 6.07) is 12.5. The van der Waals surface area contributed by atoms with Crippen molar-refractivity contribution in [1.29, 1.82) is 0 Å². The summed E-state index contributed by atoms with van der Waals surface area (Å²) >= 11 is 2.87. The van der Waals surface area contributed by atoms with Crippen LogP contribution in [0.4, 0.5) is 0 Å². The average Bonchev–Trinajstić information content (AvgIpc) is 2.66. The summed E-state index contributed by atoms with van der Waals surface area (Å²) in [6.07, 6.45) is 1.25. The van der Waals surface area contributed by atoms with Crippen LogP contribution in [0.15, 0.2) is 42.5 Å². The Labute approximate surface area is 161 Å². The highest BCUT2D eigenvalue weighted by Gasteiger charge is 2.14. The quantitative estimate of drug-likeness (QED) is 0.449. The van der Waals surface area contributed by atoms with Gasteiger partial charge in [0.1, 0.15) is 11.5 Å². The lowest BCUT2D eigenvalue weighted by Crippen LogP contribution is -2.33. The highest BCUT2D eigenvalue weighted by atomic mass is 79.9. The fourth-order valence-electron chi connectivity index (χ4n) is 2.64. The number of phenols is 1. The van der Waals surface area contributed by atoms with E-state index in [0.29, 0.717) is 19.4 Å². The standard InChI is InChI=1S/C19H23BrN2O4/c1-13(11-14-3-6-16(26-2)7-4-14)22(25)10-9-15-5-8-18(23)17(12-15)19(24)21-20/h3-8,12-13,23,25H,9-11H2,1-2H3,(H,21,24). The van der Waals surface area contributed by atoms with Crippen LogP contribution in [0.5, 0.6) is 11.5 Å². The molecule has 0 radical (unpaired) electrons. The van der Waals surface area contributed by atoms with Gasteiger partial charge in [-0.25, -0.2) is 0 Å². The van der Waals surface area contributed by atoms with Gasteiger partial charge in [0.15, 0.2) is 0 Å². The molecule has 1 unspecified atom stereocenters. The van der Waals surface area contributed by atoms with Gasteiger partial charge in [0.05, 0.1) is 12.7 Å². The number of phenolic OH excluding ortho intramolecular Hbond substituents is 1. The third kappa shape index (κ3) is 5.45. The third-order valence-corrected chi connectivity index (χ3v) is 4.58. The van der Waals surface area contributed by atoms with Gasteiger partial charge in [0.25, 0.3) is 5.91 Å². The van der Waals surface area contributed by atoms with Crippen molar-refractivity contribution >= 4 is 22.1 Å². The molecule has 0 saturated heterocycles. The molecule has 0 fully saturated rings. The number of amides is 1. The minimum Gasteiger partial charge on any atom is -0.507 e. The molecule has 7 heteroatoms. The molecule has 140 valence electrons. The Hall–Kier alpha value is -2.09. The lowest BCUT2D eigenvalue weighted by atomic mass is 10.0. The van der Waals surface area contributed by atoms with E-state index in [4.69, 9.17) is 4.74 Å². The lowest BCUT2D eigenvalue weighted by Gasteiger charge is -2.23. The van der Waals surface area contributed by atoms with E-state index in [9.17, 15) is 15.1 Å². The van der Waals surface area contributed by atoms with Crippen molar-refractivity contribution in [1.82, 2.24) is 9.41 Å². The van der Waals surface area contributed by atoms with Gasteiger partial charge in [-0.2, -0.15) is 5.06 Å². The van der Waals surface area contributed by atoms with Crippen molar-refractivity contribution in [2.75, 3.05) is 13.7 Å². The normalized spacial score (nSPS) is 12.0. The van der Waals surface area contributed by atoms with E-state index in [1.54, 1.807) is 19.2 Å². The van der Waals surface area contributed by atoms with Gasteiger partial charge in [-0.05, 0) is 55.2 Å². The molecule has 0 aliphatic carbocycles. The number of nitrogens with one attached hydrogen (secondary N) is 1. The minimum atomic E-state index is -0.418. The Morgan fingerprint density at radius 3 is 2.50 bits per heavy atom. The fraction of sp³-hybridized carbons (Fsp3) is 0.316. The number of nitrogens with zero attached hydrogens (tertiary/aromatic N) is 1. The number of carbonyl (C=O) groups is 1. The highest BCUT2D eigenvalue weighted by Crippen LogP contribution is 2.20. The summed E-state index contributed by atoms with van der Waals surface area (Å²) in [5.41, 5.74) is 2.15. The molecule has 0 aliphatic rings. The molecule has 3 N–H and O–H groups in total. The van der Waals surface area contributed by atoms with Crippen molar-refractivity contribution in [3.8, 4) is 11.5 Å². The van der Waals surface area contributed by atoms with Gasteiger partial charge >= 0.3 is 0 Å². The molecule has 2 rings (SSSR count). The third-order valence-electron chi connectivity index (χ3n) is 4.22. The zero-order valence-corrected chi connectivity index (χ0v) is 16.4.